The zero-order valence-corrected chi connectivity index (χ0v) is 12.6. The van der Waals surface area contributed by atoms with Crippen LogP contribution in [-0.4, -0.2) is 17.1 Å². The normalized spacial score (nSPS) is 10.5. The highest BCUT2D eigenvalue weighted by Crippen LogP contribution is 2.25. The van der Waals surface area contributed by atoms with Crippen molar-refractivity contribution in [2.45, 2.75) is 0 Å². The molecule has 1 aromatic heterocycles. The van der Waals surface area contributed by atoms with E-state index in [9.17, 15) is 4.79 Å². The number of rotatable bonds is 3. The number of H-pyrrole nitrogens is 1. The summed E-state index contributed by atoms with van der Waals surface area (Å²) in [6.07, 6.45) is 0. The number of hydrogen-bond acceptors (Lipinski definition) is 3. The van der Waals surface area contributed by atoms with E-state index >= 15 is 0 Å². The van der Waals surface area contributed by atoms with Crippen LogP contribution in [0.15, 0.2) is 59.4 Å². The SMILES string of the molecule is COc1cccc(-c2cc(-c3ccc(Cl)cc3)nc(=O)[nH]2)c1. The fourth-order valence-electron chi connectivity index (χ4n) is 2.17. The van der Waals surface area contributed by atoms with Gasteiger partial charge in [0.05, 0.1) is 18.5 Å². The van der Waals surface area contributed by atoms with Crippen molar-refractivity contribution in [1.29, 1.82) is 0 Å². The van der Waals surface area contributed by atoms with Gasteiger partial charge in [-0.25, -0.2) is 4.79 Å². The fourth-order valence-corrected chi connectivity index (χ4v) is 2.30. The smallest absolute Gasteiger partial charge is 0.345 e. The van der Waals surface area contributed by atoms with Crippen LogP contribution in [0, 0.1) is 0 Å². The molecule has 0 atom stereocenters. The highest BCUT2D eigenvalue weighted by Gasteiger charge is 2.06. The summed E-state index contributed by atoms with van der Waals surface area (Å²) in [6.45, 7) is 0. The third-order valence-corrected chi connectivity index (χ3v) is 3.52. The number of ether oxygens (including phenoxy) is 1. The summed E-state index contributed by atoms with van der Waals surface area (Å²) < 4.78 is 5.21. The van der Waals surface area contributed by atoms with E-state index in [2.05, 4.69) is 9.97 Å². The van der Waals surface area contributed by atoms with Gasteiger partial charge in [0.2, 0.25) is 0 Å². The van der Waals surface area contributed by atoms with Crippen LogP contribution in [-0.2, 0) is 0 Å². The minimum atomic E-state index is -0.398. The molecule has 0 amide bonds. The van der Waals surface area contributed by atoms with Crippen LogP contribution < -0.4 is 10.4 Å². The lowest BCUT2D eigenvalue weighted by atomic mass is 10.1. The molecule has 3 aromatic rings. The largest absolute Gasteiger partial charge is 0.497 e. The molecule has 22 heavy (non-hydrogen) atoms. The molecule has 0 radical (unpaired) electrons. The standard InChI is InChI=1S/C17H13ClN2O2/c1-22-14-4-2-3-12(9-14)16-10-15(19-17(21)20-16)11-5-7-13(18)8-6-11/h2-10H,1H3,(H,19,20,21). The van der Waals surface area contributed by atoms with Gasteiger partial charge in [-0.05, 0) is 30.3 Å². The molecule has 0 bridgehead atoms. The van der Waals surface area contributed by atoms with Crippen molar-refractivity contribution in [3.8, 4) is 28.3 Å². The minimum absolute atomic E-state index is 0.398. The summed E-state index contributed by atoms with van der Waals surface area (Å²) in [7, 11) is 1.60. The van der Waals surface area contributed by atoms with Gasteiger partial charge in [-0.2, -0.15) is 4.98 Å². The second-order valence-corrected chi connectivity index (χ2v) is 5.16. The Labute approximate surface area is 132 Å². The number of halogens is 1. The lowest BCUT2D eigenvalue weighted by molar-refractivity contribution is 0.415. The van der Waals surface area contributed by atoms with E-state index in [1.165, 1.54) is 0 Å². The Kier molecular flexibility index (Phi) is 3.94. The number of benzene rings is 2. The Bertz CT molecular complexity index is 857. The van der Waals surface area contributed by atoms with Crippen LogP contribution in [0.2, 0.25) is 5.02 Å². The summed E-state index contributed by atoms with van der Waals surface area (Å²) in [6, 6.07) is 16.5. The average molecular weight is 313 g/mol. The highest BCUT2D eigenvalue weighted by molar-refractivity contribution is 6.30. The molecule has 0 aliphatic heterocycles. The van der Waals surface area contributed by atoms with Gasteiger partial charge in [-0.1, -0.05) is 35.9 Å². The number of methoxy groups -OCH3 is 1. The fraction of sp³-hybridized carbons (Fsp3) is 0.0588. The summed E-state index contributed by atoms with van der Waals surface area (Å²) in [5.74, 6) is 0.725. The molecule has 1 N–H and O–H groups in total. The molecule has 0 aliphatic carbocycles. The van der Waals surface area contributed by atoms with Gasteiger partial charge >= 0.3 is 5.69 Å². The number of hydrogen-bond donors (Lipinski definition) is 1. The Morgan fingerprint density at radius 2 is 1.82 bits per heavy atom. The van der Waals surface area contributed by atoms with Crippen molar-refractivity contribution in [2.75, 3.05) is 7.11 Å². The maximum Gasteiger partial charge on any atom is 0.345 e. The van der Waals surface area contributed by atoms with Crippen LogP contribution in [0.3, 0.4) is 0 Å². The first-order valence-corrected chi connectivity index (χ1v) is 7.05. The van der Waals surface area contributed by atoms with Gasteiger partial charge in [0.1, 0.15) is 5.75 Å². The van der Waals surface area contributed by atoms with Crippen LogP contribution in [0.4, 0.5) is 0 Å². The molecule has 5 heteroatoms. The molecule has 0 spiro atoms. The third-order valence-electron chi connectivity index (χ3n) is 3.27. The second-order valence-electron chi connectivity index (χ2n) is 4.72. The van der Waals surface area contributed by atoms with Crippen molar-refractivity contribution in [2.24, 2.45) is 0 Å². The van der Waals surface area contributed by atoms with Crippen LogP contribution in [0.5, 0.6) is 5.75 Å². The maximum absolute atomic E-state index is 11.9. The predicted molar refractivity (Wildman–Crippen MR) is 87.3 cm³/mol. The van der Waals surface area contributed by atoms with E-state index in [-0.39, 0.29) is 0 Å². The van der Waals surface area contributed by atoms with Gasteiger partial charge in [0.25, 0.3) is 0 Å². The van der Waals surface area contributed by atoms with Crippen LogP contribution in [0.1, 0.15) is 0 Å². The molecule has 2 aromatic carbocycles. The van der Waals surface area contributed by atoms with Crippen molar-refractivity contribution < 1.29 is 4.74 Å². The highest BCUT2D eigenvalue weighted by atomic mass is 35.5. The predicted octanol–water partition coefficient (Wildman–Crippen LogP) is 3.77. The number of nitrogens with one attached hydrogen (secondary N) is 1. The van der Waals surface area contributed by atoms with Crippen molar-refractivity contribution in [1.82, 2.24) is 9.97 Å². The van der Waals surface area contributed by atoms with Crippen LogP contribution >= 0.6 is 11.6 Å². The topological polar surface area (TPSA) is 55.0 Å². The molecule has 1 heterocycles. The molecular formula is C17H13ClN2O2. The monoisotopic (exact) mass is 312 g/mol. The average Bonchev–Trinajstić information content (AvgIpc) is 2.55. The lowest BCUT2D eigenvalue weighted by Gasteiger charge is -2.07. The zero-order chi connectivity index (χ0) is 15.5. The summed E-state index contributed by atoms with van der Waals surface area (Å²) in [5, 5.41) is 0.640. The Balaban J connectivity index is 2.10. The Morgan fingerprint density at radius 3 is 2.55 bits per heavy atom. The first-order valence-electron chi connectivity index (χ1n) is 6.67. The summed E-state index contributed by atoms with van der Waals surface area (Å²) in [5.41, 5.74) is 2.57. The number of nitrogens with zero attached hydrogens (tertiary/aromatic N) is 1. The van der Waals surface area contributed by atoms with Crippen molar-refractivity contribution in [3.63, 3.8) is 0 Å². The van der Waals surface area contributed by atoms with Gasteiger partial charge < -0.3 is 9.72 Å². The Morgan fingerprint density at radius 1 is 1.05 bits per heavy atom. The quantitative estimate of drug-likeness (QED) is 0.801. The van der Waals surface area contributed by atoms with E-state index < -0.39 is 5.69 Å². The van der Waals surface area contributed by atoms with Gasteiger partial charge in [0.15, 0.2) is 0 Å². The number of aromatic nitrogens is 2. The number of aromatic amines is 1. The van der Waals surface area contributed by atoms with Gasteiger partial charge in [-0.3, -0.25) is 0 Å². The zero-order valence-electron chi connectivity index (χ0n) is 11.8. The first-order chi connectivity index (χ1) is 10.7. The van der Waals surface area contributed by atoms with Crippen LogP contribution in [0.25, 0.3) is 22.5 Å². The maximum atomic E-state index is 11.9. The molecule has 0 unspecified atom stereocenters. The molecule has 0 aliphatic rings. The van der Waals surface area contributed by atoms with E-state index in [4.69, 9.17) is 16.3 Å². The van der Waals surface area contributed by atoms with Crippen molar-refractivity contribution >= 4 is 11.6 Å². The second kappa shape index (κ2) is 6.03. The van der Waals surface area contributed by atoms with E-state index in [0.717, 1.165) is 16.9 Å². The Hall–Kier alpha value is -2.59. The molecule has 110 valence electrons. The molecule has 0 saturated carbocycles. The summed E-state index contributed by atoms with van der Waals surface area (Å²) in [4.78, 5) is 18.6. The molecule has 3 rings (SSSR count). The first kappa shape index (κ1) is 14.4. The lowest BCUT2D eigenvalue weighted by Crippen LogP contribution is -2.11. The van der Waals surface area contributed by atoms with E-state index in [0.29, 0.717) is 16.4 Å². The van der Waals surface area contributed by atoms with Gasteiger partial charge in [-0.15, -0.1) is 0 Å². The third kappa shape index (κ3) is 3.02. The molecule has 0 saturated heterocycles. The van der Waals surface area contributed by atoms with E-state index in [1.807, 2.05) is 42.5 Å². The molecule has 4 nitrogen and oxygen atoms in total. The molecular weight excluding hydrogens is 300 g/mol. The summed E-state index contributed by atoms with van der Waals surface area (Å²) >= 11 is 5.89. The van der Waals surface area contributed by atoms with Crippen molar-refractivity contribution in [3.05, 3.63) is 70.1 Å². The van der Waals surface area contributed by atoms with Gasteiger partial charge in [0, 0.05) is 16.1 Å². The minimum Gasteiger partial charge on any atom is -0.497 e. The van der Waals surface area contributed by atoms with E-state index in [1.54, 1.807) is 19.2 Å². The molecule has 0 fully saturated rings.